The topological polar surface area (TPSA) is 84.1 Å². The van der Waals surface area contributed by atoms with Crippen molar-refractivity contribution in [3.8, 4) is 0 Å². The maximum atomic E-state index is 11.9. The lowest BCUT2D eigenvalue weighted by atomic mass is 9.94. The molecule has 7 heteroatoms. The highest BCUT2D eigenvalue weighted by atomic mass is 32.2. The van der Waals surface area contributed by atoms with Gasteiger partial charge in [-0.15, -0.1) is 0 Å². The SMILES string of the molecule is CC(NS(=O)(=O)c1ccn[nH]1)C1CCOCC1. The van der Waals surface area contributed by atoms with E-state index >= 15 is 0 Å². The summed E-state index contributed by atoms with van der Waals surface area (Å²) in [5.74, 6) is 0.335. The molecule has 2 rings (SSSR count). The van der Waals surface area contributed by atoms with E-state index in [-0.39, 0.29) is 11.1 Å². The van der Waals surface area contributed by atoms with Gasteiger partial charge in [0.1, 0.15) is 0 Å². The van der Waals surface area contributed by atoms with E-state index in [1.807, 2.05) is 6.92 Å². The zero-order chi connectivity index (χ0) is 12.3. The number of nitrogens with zero attached hydrogens (tertiary/aromatic N) is 1. The van der Waals surface area contributed by atoms with Crippen molar-refractivity contribution in [1.29, 1.82) is 0 Å². The van der Waals surface area contributed by atoms with Gasteiger partial charge < -0.3 is 4.74 Å². The third-order valence-electron chi connectivity index (χ3n) is 3.08. The number of sulfonamides is 1. The summed E-state index contributed by atoms with van der Waals surface area (Å²) in [6.07, 6.45) is 3.22. The molecule has 1 aliphatic rings. The fraction of sp³-hybridized carbons (Fsp3) is 0.700. The monoisotopic (exact) mass is 259 g/mol. The van der Waals surface area contributed by atoms with Crippen LogP contribution in [0.25, 0.3) is 0 Å². The van der Waals surface area contributed by atoms with Crippen molar-refractivity contribution >= 4 is 10.0 Å². The first-order valence-electron chi connectivity index (χ1n) is 5.69. The van der Waals surface area contributed by atoms with Crippen LogP contribution in [-0.4, -0.2) is 37.9 Å². The van der Waals surface area contributed by atoms with Gasteiger partial charge in [-0.05, 0) is 31.7 Å². The molecule has 0 amide bonds. The van der Waals surface area contributed by atoms with E-state index in [0.29, 0.717) is 19.1 Å². The van der Waals surface area contributed by atoms with Gasteiger partial charge >= 0.3 is 0 Å². The lowest BCUT2D eigenvalue weighted by molar-refractivity contribution is 0.0585. The van der Waals surface area contributed by atoms with Gasteiger partial charge in [-0.2, -0.15) is 5.10 Å². The maximum Gasteiger partial charge on any atom is 0.257 e. The van der Waals surface area contributed by atoms with Crippen LogP contribution in [0.2, 0.25) is 0 Å². The van der Waals surface area contributed by atoms with Gasteiger partial charge in [0.25, 0.3) is 10.0 Å². The molecule has 0 saturated carbocycles. The molecule has 6 nitrogen and oxygen atoms in total. The average Bonchev–Trinajstić information content (AvgIpc) is 2.84. The molecule has 0 bridgehead atoms. The minimum atomic E-state index is -3.47. The van der Waals surface area contributed by atoms with Crippen molar-refractivity contribution < 1.29 is 13.2 Å². The zero-order valence-electron chi connectivity index (χ0n) is 9.72. The number of ether oxygens (including phenoxy) is 1. The third-order valence-corrected chi connectivity index (χ3v) is 4.57. The second-order valence-electron chi connectivity index (χ2n) is 4.28. The first kappa shape index (κ1) is 12.5. The molecule has 1 aromatic heterocycles. The van der Waals surface area contributed by atoms with E-state index in [2.05, 4.69) is 14.9 Å². The van der Waals surface area contributed by atoms with Crippen LogP contribution < -0.4 is 4.72 Å². The number of nitrogens with one attached hydrogen (secondary N) is 2. The van der Waals surface area contributed by atoms with E-state index in [1.54, 1.807) is 0 Å². The fourth-order valence-corrected chi connectivity index (χ4v) is 3.23. The summed E-state index contributed by atoms with van der Waals surface area (Å²) in [7, 11) is -3.47. The largest absolute Gasteiger partial charge is 0.381 e. The van der Waals surface area contributed by atoms with Gasteiger partial charge in [0.2, 0.25) is 0 Å². The Bertz CT molecular complexity index is 437. The standard InChI is InChI=1S/C10H17N3O3S/c1-8(9-3-6-16-7-4-9)13-17(14,15)10-2-5-11-12-10/h2,5,8-9,13H,3-4,6-7H2,1H3,(H,11,12). The molecule has 2 heterocycles. The molecule has 2 N–H and O–H groups in total. The van der Waals surface area contributed by atoms with Crippen molar-refractivity contribution in [2.24, 2.45) is 5.92 Å². The van der Waals surface area contributed by atoms with Crippen LogP contribution in [0.5, 0.6) is 0 Å². The van der Waals surface area contributed by atoms with Crippen LogP contribution in [0.1, 0.15) is 19.8 Å². The highest BCUT2D eigenvalue weighted by molar-refractivity contribution is 7.89. The van der Waals surface area contributed by atoms with Gasteiger partial charge in [0, 0.05) is 19.3 Å². The first-order valence-corrected chi connectivity index (χ1v) is 7.17. The Morgan fingerprint density at radius 2 is 2.24 bits per heavy atom. The van der Waals surface area contributed by atoms with Crippen LogP contribution in [0.15, 0.2) is 17.3 Å². The van der Waals surface area contributed by atoms with E-state index in [4.69, 9.17) is 4.74 Å². The molecule has 0 spiro atoms. The van der Waals surface area contributed by atoms with Crippen molar-refractivity contribution in [2.75, 3.05) is 13.2 Å². The van der Waals surface area contributed by atoms with Gasteiger partial charge in [-0.3, -0.25) is 5.10 Å². The summed E-state index contributed by atoms with van der Waals surface area (Å²) in [6.45, 7) is 3.31. The number of aromatic amines is 1. The highest BCUT2D eigenvalue weighted by Crippen LogP contribution is 2.19. The minimum absolute atomic E-state index is 0.0906. The first-order chi connectivity index (χ1) is 8.09. The number of aromatic nitrogens is 2. The van der Waals surface area contributed by atoms with Crippen LogP contribution in [0.4, 0.5) is 0 Å². The molecule has 1 aromatic rings. The Morgan fingerprint density at radius 3 is 2.82 bits per heavy atom. The summed E-state index contributed by atoms with van der Waals surface area (Å²) in [6, 6.07) is 1.35. The van der Waals surface area contributed by atoms with Crippen LogP contribution >= 0.6 is 0 Å². The summed E-state index contributed by atoms with van der Waals surface area (Å²) >= 11 is 0. The van der Waals surface area contributed by atoms with Gasteiger partial charge in [0.05, 0.1) is 6.20 Å². The molecule has 1 saturated heterocycles. The van der Waals surface area contributed by atoms with Gasteiger partial charge in [-0.25, -0.2) is 13.1 Å². The Hall–Kier alpha value is -0.920. The number of hydrogen-bond donors (Lipinski definition) is 2. The van der Waals surface area contributed by atoms with E-state index in [0.717, 1.165) is 12.8 Å². The van der Waals surface area contributed by atoms with Crippen LogP contribution in [0.3, 0.4) is 0 Å². The lowest BCUT2D eigenvalue weighted by Crippen LogP contribution is -2.40. The summed E-state index contributed by atoms with van der Waals surface area (Å²) < 4.78 is 31.8. The minimum Gasteiger partial charge on any atom is -0.381 e. The van der Waals surface area contributed by atoms with E-state index < -0.39 is 10.0 Å². The molecule has 17 heavy (non-hydrogen) atoms. The third kappa shape index (κ3) is 3.05. The van der Waals surface area contributed by atoms with Crippen molar-refractivity contribution in [3.63, 3.8) is 0 Å². The van der Waals surface area contributed by atoms with Crippen LogP contribution in [-0.2, 0) is 14.8 Å². The Balaban J connectivity index is 2.00. The average molecular weight is 259 g/mol. The molecule has 0 radical (unpaired) electrons. The predicted molar refractivity (Wildman–Crippen MR) is 61.9 cm³/mol. The number of hydrogen-bond acceptors (Lipinski definition) is 4. The highest BCUT2D eigenvalue weighted by Gasteiger charge is 2.25. The Morgan fingerprint density at radius 1 is 1.53 bits per heavy atom. The summed E-state index contributed by atoms with van der Waals surface area (Å²) in [5, 5.41) is 6.21. The lowest BCUT2D eigenvalue weighted by Gasteiger charge is -2.27. The molecular weight excluding hydrogens is 242 g/mol. The Kier molecular flexibility index (Phi) is 3.80. The van der Waals surface area contributed by atoms with Gasteiger partial charge in [0.15, 0.2) is 5.03 Å². The summed E-state index contributed by atoms with van der Waals surface area (Å²) in [4.78, 5) is 0. The van der Waals surface area contributed by atoms with Crippen molar-refractivity contribution in [3.05, 3.63) is 12.3 Å². The molecule has 0 aromatic carbocycles. The molecule has 1 fully saturated rings. The molecule has 1 aliphatic heterocycles. The number of H-pyrrole nitrogens is 1. The fourth-order valence-electron chi connectivity index (χ4n) is 2.01. The second-order valence-corrected chi connectivity index (χ2v) is 5.96. The van der Waals surface area contributed by atoms with Gasteiger partial charge in [-0.1, -0.05) is 0 Å². The quantitative estimate of drug-likeness (QED) is 0.825. The molecular formula is C10H17N3O3S. The molecule has 96 valence electrons. The van der Waals surface area contributed by atoms with Crippen molar-refractivity contribution in [1.82, 2.24) is 14.9 Å². The van der Waals surface area contributed by atoms with Crippen molar-refractivity contribution in [2.45, 2.75) is 30.8 Å². The maximum absolute atomic E-state index is 11.9. The predicted octanol–water partition coefficient (Wildman–Crippen LogP) is 0.503. The zero-order valence-corrected chi connectivity index (χ0v) is 10.5. The van der Waals surface area contributed by atoms with Crippen LogP contribution in [0, 0.1) is 5.92 Å². The molecule has 1 unspecified atom stereocenters. The van der Waals surface area contributed by atoms with E-state index in [1.165, 1.54) is 12.3 Å². The molecule has 0 aliphatic carbocycles. The normalized spacial score (nSPS) is 20.3. The smallest absolute Gasteiger partial charge is 0.257 e. The van der Waals surface area contributed by atoms with E-state index in [9.17, 15) is 8.42 Å². The second kappa shape index (κ2) is 5.16. The summed E-state index contributed by atoms with van der Waals surface area (Å²) in [5.41, 5.74) is 0. The Labute approximate surface area is 101 Å². The molecule has 1 atom stereocenters. The number of rotatable bonds is 4.